The SMILES string of the molecule is C=C=CN(c1ccc2ccccc2c1)S(=O)(=O)c1ccc(C)cc1. The van der Waals surface area contributed by atoms with Gasteiger partial charge in [0, 0.05) is 0 Å². The van der Waals surface area contributed by atoms with Crippen LogP contribution < -0.4 is 4.31 Å². The zero-order chi connectivity index (χ0) is 17.2. The smallest absolute Gasteiger partial charge is 0.234 e. The minimum Gasteiger partial charge on any atom is -0.234 e. The molecule has 0 aromatic heterocycles. The minimum absolute atomic E-state index is 0.229. The molecule has 0 saturated carbocycles. The Morgan fingerprint density at radius 3 is 2.29 bits per heavy atom. The van der Waals surface area contributed by atoms with Gasteiger partial charge in [-0.15, -0.1) is 5.73 Å². The van der Waals surface area contributed by atoms with E-state index in [0.29, 0.717) is 5.69 Å². The highest BCUT2D eigenvalue weighted by Crippen LogP contribution is 2.27. The molecule has 3 rings (SSSR count). The van der Waals surface area contributed by atoms with Gasteiger partial charge in [0.15, 0.2) is 0 Å². The quantitative estimate of drug-likeness (QED) is 0.651. The number of benzene rings is 3. The Morgan fingerprint density at radius 2 is 1.62 bits per heavy atom. The molecule has 0 aliphatic carbocycles. The van der Waals surface area contributed by atoms with Gasteiger partial charge in [-0.2, -0.15) is 0 Å². The number of fused-ring (bicyclic) bond motifs is 1. The van der Waals surface area contributed by atoms with Gasteiger partial charge >= 0.3 is 0 Å². The highest BCUT2D eigenvalue weighted by atomic mass is 32.2. The summed E-state index contributed by atoms with van der Waals surface area (Å²) in [5.41, 5.74) is 4.13. The van der Waals surface area contributed by atoms with Crippen LogP contribution in [0.15, 0.2) is 90.1 Å². The van der Waals surface area contributed by atoms with Crippen molar-refractivity contribution in [2.24, 2.45) is 0 Å². The van der Waals surface area contributed by atoms with Gasteiger partial charge in [0.1, 0.15) is 0 Å². The van der Waals surface area contributed by atoms with Gasteiger partial charge in [0.25, 0.3) is 10.0 Å². The van der Waals surface area contributed by atoms with Gasteiger partial charge in [-0.1, -0.05) is 54.6 Å². The number of hydrogen-bond acceptors (Lipinski definition) is 2. The van der Waals surface area contributed by atoms with Crippen molar-refractivity contribution >= 4 is 26.5 Å². The third kappa shape index (κ3) is 2.98. The van der Waals surface area contributed by atoms with Gasteiger partial charge in [-0.05, 0) is 42.0 Å². The fourth-order valence-electron chi connectivity index (χ4n) is 2.50. The number of hydrogen-bond donors (Lipinski definition) is 0. The molecule has 0 spiro atoms. The summed E-state index contributed by atoms with van der Waals surface area (Å²) in [6, 6.07) is 20.1. The molecule has 24 heavy (non-hydrogen) atoms. The summed E-state index contributed by atoms with van der Waals surface area (Å²) in [4.78, 5) is 0.229. The maximum Gasteiger partial charge on any atom is 0.268 e. The maximum absolute atomic E-state index is 13.0. The van der Waals surface area contributed by atoms with Crippen LogP contribution in [0, 0.1) is 6.92 Å². The first-order valence-corrected chi connectivity index (χ1v) is 8.92. The largest absolute Gasteiger partial charge is 0.268 e. The highest BCUT2D eigenvalue weighted by Gasteiger charge is 2.23. The molecule has 0 amide bonds. The lowest BCUT2D eigenvalue weighted by Crippen LogP contribution is -2.25. The average Bonchev–Trinajstić information content (AvgIpc) is 2.59. The van der Waals surface area contributed by atoms with Crippen molar-refractivity contribution in [3.63, 3.8) is 0 Å². The van der Waals surface area contributed by atoms with E-state index in [4.69, 9.17) is 0 Å². The predicted octanol–water partition coefficient (Wildman–Crippen LogP) is 4.64. The Hall–Kier alpha value is -2.81. The second-order valence-corrected chi connectivity index (χ2v) is 7.29. The second kappa shape index (κ2) is 6.36. The van der Waals surface area contributed by atoms with Crippen LogP contribution in [0.4, 0.5) is 5.69 Å². The Labute approximate surface area is 142 Å². The van der Waals surface area contributed by atoms with E-state index < -0.39 is 10.0 Å². The van der Waals surface area contributed by atoms with Crippen LogP contribution in [0.25, 0.3) is 10.8 Å². The summed E-state index contributed by atoms with van der Waals surface area (Å²) in [6.07, 6.45) is 1.35. The number of nitrogens with zero attached hydrogens (tertiary/aromatic N) is 1. The van der Waals surface area contributed by atoms with Gasteiger partial charge in [-0.25, -0.2) is 12.7 Å². The summed E-state index contributed by atoms with van der Waals surface area (Å²) < 4.78 is 27.2. The number of sulfonamides is 1. The van der Waals surface area contributed by atoms with Crippen molar-refractivity contribution in [2.45, 2.75) is 11.8 Å². The summed E-state index contributed by atoms with van der Waals surface area (Å²) in [5, 5.41) is 2.02. The first-order chi connectivity index (χ1) is 11.5. The van der Waals surface area contributed by atoms with E-state index in [1.54, 1.807) is 30.3 Å². The molecule has 0 saturated heterocycles. The Morgan fingerprint density at radius 1 is 0.958 bits per heavy atom. The van der Waals surface area contributed by atoms with Gasteiger partial charge in [0.2, 0.25) is 0 Å². The van der Waals surface area contributed by atoms with Crippen molar-refractivity contribution < 1.29 is 8.42 Å². The van der Waals surface area contributed by atoms with Crippen LogP contribution in [-0.4, -0.2) is 8.42 Å². The van der Waals surface area contributed by atoms with Gasteiger partial charge in [-0.3, -0.25) is 0 Å². The molecule has 0 radical (unpaired) electrons. The molecule has 0 aliphatic heterocycles. The highest BCUT2D eigenvalue weighted by molar-refractivity contribution is 7.93. The van der Waals surface area contributed by atoms with Gasteiger partial charge in [0.05, 0.1) is 16.8 Å². The molecule has 120 valence electrons. The first kappa shape index (κ1) is 16.1. The van der Waals surface area contributed by atoms with E-state index >= 15 is 0 Å². The molecule has 0 fully saturated rings. The lowest BCUT2D eigenvalue weighted by atomic mass is 10.1. The van der Waals surface area contributed by atoms with Crippen molar-refractivity contribution in [1.29, 1.82) is 0 Å². The number of aryl methyl sites for hydroxylation is 1. The standard InChI is InChI=1S/C20H17NO2S/c1-3-14-21(24(22,23)20-12-8-16(2)9-13-20)19-11-10-17-6-4-5-7-18(17)15-19/h4-15H,1H2,2H3. The minimum atomic E-state index is -3.73. The zero-order valence-corrected chi connectivity index (χ0v) is 14.1. The van der Waals surface area contributed by atoms with Crippen LogP contribution in [0.3, 0.4) is 0 Å². The van der Waals surface area contributed by atoms with Crippen molar-refractivity contribution in [1.82, 2.24) is 0 Å². The first-order valence-electron chi connectivity index (χ1n) is 7.48. The molecular weight excluding hydrogens is 318 g/mol. The zero-order valence-electron chi connectivity index (χ0n) is 13.3. The number of anilines is 1. The molecule has 0 atom stereocenters. The third-order valence-electron chi connectivity index (χ3n) is 3.77. The fraction of sp³-hybridized carbons (Fsp3) is 0.0500. The van der Waals surface area contributed by atoms with Crippen molar-refractivity contribution in [2.75, 3.05) is 4.31 Å². The van der Waals surface area contributed by atoms with E-state index in [-0.39, 0.29) is 4.90 Å². The van der Waals surface area contributed by atoms with Gasteiger partial charge < -0.3 is 0 Å². The molecule has 0 bridgehead atoms. The van der Waals surface area contributed by atoms with Crippen LogP contribution in [-0.2, 0) is 10.0 Å². The van der Waals surface area contributed by atoms with Crippen molar-refractivity contribution in [3.8, 4) is 0 Å². The molecule has 3 aromatic carbocycles. The van der Waals surface area contributed by atoms with Crippen LogP contribution in [0.5, 0.6) is 0 Å². The molecule has 0 heterocycles. The summed E-state index contributed by atoms with van der Waals surface area (Å²) >= 11 is 0. The normalized spacial score (nSPS) is 11.0. The molecule has 0 unspecified atom stereocenters. The average molecular weight is 335 g/mol. The third-order valence-corrected chi connectivity index (χ3v) is 5.48. The fourth-order valence-corrected chi connectivity index (χ4v) is 3.81. The maximum atomic E-state index is 13.0. The predicted molar refractivity (Wildman–Crippen MR) is 98.5 cm³/mol. The monoisotopic (exact) mass is 335 g/mol. The Kier molecular flexibility index (Phi) is 4.26. The lowest BCUT2D eigenvalue weighted by molar-refractivity contribution is 0.596. The lowest BCUT2D eigenvalue weighted by Gasteiger charge is -2.20. The Bertz CT molecular complexity index is 1030. The van der Waals surface area contributed by atoms with E-state index in [1.807, 2.05) is 43.3 Å². The van der Waals surface area contributed by atoms with E-state index in [9.17, 15) is 8.42 Å². The molecule has 3 nitrogen and oxygen atoms in total. The number of rotatable bonds is 4. The van der Waals surface area contributed by atoms with Crippen LogP contribution >= 0.6 is 0 Å². The molecule has 3 aromatic rings. The van der Waals surface area contributed by atoms with Crippen LogP contribution in [0.1, 0.15) is 5.56 Å². The summed E-state index contributed by atoms with van der Waals surface area (Å²) in [6.45, 7) is 5.44. The molecule has 0 aliphatic rings. The van der Waals surface area contributed by atoms with Crippen molar-refractivity contribution in [3.05, 3.63) is 90.8 Å². The van der Waals surface area contributed by atoms with E-state index in [1.165, 1.54) is 10.5 Å². The molecular formula is C20H17NO2S. The van der Waals surface area contributed by atoms with Crippen LogP contribution in [0.2, 0.25) is 0 Å². The summed E-state index contributed by atoms with van der Waals surface area (Å²) in [7, 11) is -3.73. The van der Waals surface area contributed by atoms with E-state index in [0.717, 1.165) is 16.3 Å². The molecule has 0 N–H and O–H groups in total. The molecule has 4 heteroatoms. The van der Waals surface area contributed by atoms with E-state index in [2.05, 4.69) is 12.3 Å². The summed E-state index contributed by atoms with van der Waals surface area (Å²) in [5.74, 6) is 0. The topological polar surface area (TPSA) is 37.4 Å². The Balaban J connectivity index is 2.14. The second-order valence-electron chi connectivity index (χ2n) is 5.48.